The molecule has 2 amide bonds. The van der Waals surface area contributed by atoms with Crippen LogP contribution in [0.15, 0.2) is 41.8 Å². The maximum Gasteiger partial charge on any atom is 0.265 e. The molecule has 1 aromatic heterocycles. The van der Waals surface area contributed by atoms with E-state index in [9.17, 15) is 9.59 Å². The first-order valence-electron chi connectivity index (χ1n) is 6.79. The molecule has 2 aromatic rings. The zero-order valence-electron chi connectivity index (χ0n) is 12.1. The van der Waals surface area contributed by atoms with Crippen molar-refractivity contribution in [1.82, 2.24) is 0 Å². The standard InChI is InChI=1S/C16H18N2O2S/c1-11(2)9-15(19)17-12-5-3-6-13(10-12)18-16(20)14-7-4-8-21-14/h3-8,10-11H,9H2,1-2H3,(H,17,19)(H,18,20). The Morgan fingerprint density at radius 3 is 2.43 bits per heavy atom. The normalized spacial score (nSPS) is 10.4. The molecule has 0 fully saturated rings. The average Bonchev–Trinajstić information content (AvgIpc) is 2.91. The third-order valence-electron chi connectivity index (χ3n) is 2.74. The molecule has 4 nitrogen and oxygen atoms in total. The van der Waals surface area contributed by atoms with Crippen LogP contribution in [-0.4, -0.2) is 11.8 Å². The molecule has 0 aliphatic rings. The van der Waals surface area contributed by atoms with Crippen LogP contribution in [0.25, 0.3) is 0 Å². The molecule has 21 heavy (non-hydrogen) atoms. The van der Waals surface area contributed by atoms with Gasteiger partial charge in [-0.2, -0.15) is 0 Å². The minimum atomic E-state index is -0.143. The Kier molecular flexibility index (Phi) is 5.11. The zero-order valence-corrected chi connectivity index (χ0v) is 12.9. The number of thiophene rings is 1. The molecule has 5 heteroatoms. The lowest BCUT2D eigenvalue weighted by Gasteiger charge is -2.09. The van der Waals surface area contributed by atoms with Gasteiger partial charge in [0.05, 0.1) is 4.88 Å². The van der Waals surface area contributed by atoms with Crippen LogP contribution in [0, 0.1) is 5.92 Å². The van der Waals surface area contributed by atoms with E-state index in [4.69, 9.17) is 0 Å². The van der Waals surface area contributed by atoms with Crippen LogP contribution in [0.5, 0.6) is 0 Å². The molecule has 0 saturated heterocycles. The summed E-state index contributed by atoms with van der Waals surface area (Å²) in [5.74, 6) is 0.147. The smallest absolute Gasteiger partial charge is 0.265 e. The molecule has 0 atom stereocenters. The van der Waals surface area contributed by atoms with Crippen LogP contribution in [-0.2, 0) is 4.79 Å². The molecule has 0 unspecified atom stereocenters. The Morgan fingerprint density at radius 1 is 1.10 bits per heavy atom. The van der Waals surface area contributed by atoms with E-state index in [0.717, 1.165) is 0 Å². The number of anilines is 2. The van der Waals surface area contributed by atoms with E-state index < -0.39 is 0 Å². The van der Waals surface area contributed by atoms with Gasteiger partial charge >= 0.3 is 0 Å². The van der Waals surface area contributed by atoms with E-state index in [1.54, 1.807) is 30.3 Å². The van der Waals surface area contributed by atoms with Crippen LogP contribution < -0.4 is 10.6 Å². The van der Waals surface area contributed by atoms with Gasteiger partial charge < -0.3 is 10.6 Å². The van der Waals surface area contributed by atoms with Crippen molar-refractivity contribution in [3.63, 3.8) is 0 Å². The molecule has 0 bridgehead atoms. The van der Waals surface area contributed by atoms with Crippen LogP contribution >= 0.6 is 11.3 Å². The van der Waals surface area contributed by atoms with Crippen molar-refractivity contribution in [1.29, 1.82) is 0 Å². The van der Waals surface area contributed by atoms with Gasteiger partial charge in [-0.05, 0) is 35.6 Å². The quantitative estimate of drug-likeness (QED) is 0.877. The van der Waals surface area contributed by atoms with Gasteiger partial charge in [-0.3, -0.25) is 9.59 Å². The highest BCUT2D eigenvalue weighted by atomic mass is 32.1. The molecule has 0 aliphatic carbocycles. The lowest BCUT2D eigenvalue weighted by atomic mass is 10.1. The molecule has 0 saturated carbocycles. The fraction of sp³-hybridized carbons (Fsp3) is 0.250. The third kappa shape index (κ3) is 4.72. The van der Waals surface area contributed by atoms with E-state index in [-0.39, 0.29) is 11.8 Å². The van der Waals surface area contributed by atoms with Crippen LogP contribution in [0.4, 0.5) is 11.4 Å². The van der Waals surface area contributed by atoms with Crippen LogP contribution in [0.1, 0.15) is 29.9 Å². The highest BCUT2D eigenvalue weighted by Gasteiger charge is 2.08. The monoisotopic (exact) mass is 302 g/mol. The molecule has 0 aliphatic heterocycles. The molecule has 2 rings (SSSR count). The first kappa shape index (κ1) is 15.3. The summed E-state index contributed by atoms with van der Waals surface area (Å²) in [6.45, 7) is 3.99. The molecule has 1 heterocycles. The number of carbonyl (C=O) groups excluding carboxylic acids is 2. The highest BCUT2D eigenvalue weighted by Crippen LogP contribution is 2.18. The molecule has 1 aromatic carbocycles. The van der Waals surface area contributed by atoms with Gasteiger partial charge in [0.2, 0.25) is 5.91 Å². The number of hydrogen-bond acceptors (Lipinski definition) is 3. The Bertz CT molecular complexity index is 621. The van der Waals surface area contributed by atoms with Crippen molar-refractivity contribution in [3.8, 4) is 0 Å². The number of benzene rings is 1. The Balaban J connectivity index is 2.01. The minimum Gasteiger partial charge on any atom is -0.326 e. The fourth-order valence-corrected chi connectivity index (χ4v) is 2.48. The molecular weight excluding hydrogens is 284 g/mol. The summed E-state index contributed by atoms with van der Waals surface area (Å²) in [6.07, 6.45) is 0.478. The first-order chi connectivity index (χ1) is 10.0. The summed E-state index contributed by atoms with van der Waals surface area (Å²) >= 11 is 1.39. The first-order valence-corrected chi connectivity index (χ1v) is 7.67. The van der Waals surface area contributed by atoms with Gasteiger partial charge in [0.25, 0.3) is 5.91 Å². The number of hydrogen-bond donors (Lipinski definition) is 2. The van der Waals surface area contributed by atoms with Crippen molar-refractivity contribution < 1.29 is 9.59 Å². The topological polar surface area (TPSA) is 58.2 Å². The predicted octanol–water partition coefficient (Wildman–Crippen LogP) is 3.99. The van der Waals surface area contributed by atoms with E-state index in [0.29, 0.717) is 28.6 Å². The Hall–Kier alpha value is -2.14. The van der Waals surface area contributed by atoms with E-state index in [1.165, 1.54) is 11.3 Å². The second kappa shape index (κ2) is 7.04. The number of rotatable bonds is 5. The number of amides is 2. The summed E-state index contributed by atoms with van der Waals surface area (Å²) in [6, 6.07) is 10.8. The van der Waals surface area contributed by atoms with Gasteiger partial charge in [-0.1, -0.05) is 26.0 Å². The maximum absolute atomic E-state index is 12.0. The summed E-state index contributed by atoms with van der Waals surface area (Å²) in [5.41, 5.74) is 1.35. The fourth-order valence-electron chi connectivity index (χ4n) is 1.86. The maximum atomic E-state index is 12.0. The van der Waals surface area contributed by atoms with Gasteiger partial charge in [0.15, 0.2) is 0 Å². The van der Waals surface area contributed by atoms with Crippen molar-refractivity contribution in [3.05, 3.63) is 46.7 Å². The van der Waals surface area contributed by atoms with Crippen molar-refractivity contribution >= 4 is 34.5 Å². The average molecular weight is 302 g/mol. The van der Waals surface area contributed by atoms with E-state index in [2.05, 4.69) is 10.6 Å². The van der Waals surface area contributed by atoms with Gasteiger partial charge in [0.1, 0.15) is 0 Å². The van der Waals surface area contributed by atoms with Crippen molar-refractivity contribution in [2.45, 2.75) is 20.3 Å². The molecular formula is C16H18N2O2S. The predicted molar refractivity (Wildman–Crippen MR) is 86.8 cm³/mol. The SMILES string of the molecule is CC(C)CC(=O)Nc1cccc(NC(=O)c2cccs2)c1. The minimum absolute atomic E-state index is 0.0215. The van der Waals surface area contributed by atoms with Crippen molar-refractivity contribution in [2.75, 3.05) is 10.6 Å². The lowest BCUT2D eigenvalue weighted by molar-refractivity contribution is -0.116. The molecule has 0 radical (unpaired) electrons. The van der Waals surface area contributed by atoms with Gasteiger partial charge in [-0.25, -0.2) is 0 Å². The second-order valence-corrected chi connectivity index (χ2v) is 6.11. The Labute approximate surface area is 128 Å². The Morgan fingerprint density at radius 2 is 1.81 bits per heavy atom. The summed E-state index contributed by atoms with van der Waals surface area (Å²) in [7, 11) is 0. The molecule has 2 N–H and O–H groups in total. The zero-order chi connectivity index (χ0) is 15.2. The van der Waals surface area contributed by atoms with E-state index >= 15 is 0 Å². The van der Waals surface area contributed by atoms with Gasteiger partial charge in [0, 0.05) is 17.8 Å². The van der Waals surface area contributed by atoms with Crippen LogP contribution in [0.2, 0.25) is 0 Å². The van der Waals surface area contributed by atoms with Crippen molar-refractivity contribution in [2.24, 2.45) is 5.92 Å². The van der Waals surface area contributed by atoms with E-state index in [1.807, 2.05) is 25.3 Å². The summed E-state index contributed by atoms with van der Waals surface area (Å²) in [4.78, 5) is 24.4. The largest absolute Gasteiger partial charge is 0.326 e. The highest BCUT2D eigenvalue weighted by molar-refractivity contribution is 7.12. The number of nitrogens with one attached hydrogen (secondary N) is 2. The van der Waals surface area contributed by atoms with Crippen LogP contribution in [0.3, 0.4) is 0 Å². The summed E-state index contributed by atoms with van der Waals surface area (Å²) in [5, 5.41) is 7.51. The molecule has 110 valence electrons. The lowest BCUT2D eigenvalue weighted by Crippen LogP contribution is -2.14. The second-order valence-electron chi connectivity index (χ2n) is 5.16. The number of carbonyl (C=O) groups is 2. The van der Waals surface area contributed by atoms with Gasteiger partial charge in [-0.15, -0.1) is 11.3 Å². The third-order valence-corrected chi connectivity index (χ3v) is 3.61. The molecule has 0 spiro atoms. The summed E-state index contributed by atoms with van der Waals surface area (Å²) < 4.78 is 0.